The van der Waals surface area contributed by atoms with E-state index in [-0.39, 0.29) is 29.8 Å². The van der Waals surface area contributed by atoms with Crippen molar-refractivity contribution in [3.8, 4) is 5.75 Å². The van der Waals surface area contributed by atoms with E-state index in [1.807, 2.05) is 0 Å². The lowest BCUT2D eigenvalue weighted by Crippen LogP contribution is -2.31. The molecule has 0 saturated heterocycles. The number of hydrogen-bond acceptors (Lipinski definition) is 7. The smallest absolute Gasteiger partial charge is 0.257 e. The van der Waals surface area contributed by atoms with Crippen LogP contribution in [0.25, 0.3) is 0 Å². The summed E-state index contributed by atoms with van der Waals surface area (Å²) in [7, 11) is 3.25. The largest absolute Gasteiger partial charge is 0.495 e. The summed E-state index contributed by atoms with van der Waals surface area (Å²) in [5.41, 5.74) is -1.09. The molecule has 1 aliphatic carbocycles. The van der Waals surface area contributed by atoms with Gasteiger partial charge >= 0.3 is 0 Å². The first-order valence-corrected chi connectivity index (χ1v) is 11.3. The quantitative estimate of drug-likeness (QED) is 0.507. The van der Waals surface area contributed by atoms with E-state index in [9.17, 15) is 15.0 Å². The Kier molecular flexibility index (Phi) is 5.62. The van der Waals surface area contributed by atoms with Crippen LogP contribution in [0.15, 0.2) is 42.9 Å². The summed E-state index contributed by atoms with van der Waals surface area (Å²) in [6.45, 7) is 1.57. The second-order valence-corrected chi connectivity index (χ2v) is 9.40. The number of benzene rings is 1. The molecule has 2 N–H and O–H groups in total. The molecule has 0 bridgehead atoms. The Morgan fingerprint density at radius 2 is 2.03 bits per heavy atom. The second kappa shape index (κ2) is 8.40. The number of aryl methyl sites for hydroxylation is 1. The summed E-state index contributed by atoms with van der Waals surface area (Å²) in [4.78, 5) is 19.2. The van der Waals surface area contributed by atoms with Gasteiger partial charge in [0.1, 0.15) is 17.2 Å². The van der Waals surface area contributed by atoms with E-state index in [0.29, 0.717) is 29.8 Å². The Labute approximate surface area is 201 Å². The van der Waals surface area contributed by atoms with Gasteiger partial charge in [-0.15, -0.1) is 0 Å². The Hall–Kier alpha value is -3.34. The van der Waals surface area contributed by atoms with Crippen LogP contribution in [0.5, 0.6) is 5.75 Å². The van der Waals surface area contributed by atoms with Gasteiger partial charge in [0.05, 0.1) is 49.5 Å². The van der Waals surface area contributed by atoms with Gasteiger partial charge in [-0.2, -0.15) is 5.10 Å². The molecule has 1 aromatic carbocycles. The number of fused-ring (bicyclic) bond motifs is 1. The van der Waals surface area contributed by atoms with E-state index in [0.717, 1.165) is 0 Å². The van der Waals surface area contributed by atoms with Gasteiger partial charge in [0.15, 0.2) is 6.23 Å². The highest BCUT2D eigenvalue weighted by atomic mass is 19.1. The molecule has 35 heavy (non-hydrogen) atoms. The second-order valence-electron chi connectivity index (χ2n) is 9.40. The number of ether oxygens (including phenoxy) is 2. The van der Waals surface area contributed by atoms with Gasteiger partial charge < -0.3 is 24.6 Å². The molecule has 1 amide bonds. The van der Waals surface area contributed by atoms with Crippen LogP contribution < -0.4 is 4.74 Å². The van der Waals surface area contributed by atoms with Crippen molar-refractivity contribution in [2.45, 2.75) is 43.7 Å². The average Bonchev–Trinajstić information content (AvgIpc) is 3.29. The summed E-state index contributed by atoms with van der Waals surface area (Å²) < 4.78 is 28.2. The first-order valence-electron chi connectivity index (χ1n) is 11.3. The highest BCUT2D eigenvalue weighted by molar-refractivity contribution is 5.99. The van der Waals surface area contributed by atoms with Crippen LogP contribution >= 0.6 is 0 Å². The minimum atomic E-state index is -1.57. The van der Waals surface area contributed by atoms with Gasteiger partial charge in [-0.25, -0.2) is 4.39 Å². The molecule has 2 aromatic heterocycles. The predicted octanol–water partition coefficient (Wildman–Crippen LogP) is 2.41. The monoisotopic (exact) mass is 482 g/mol. The maximum absolute atomic E-state index is 15.6. The molecule has 184 valence electrons. The molecule has 1 saturated carbocycles. The van der Waals surface area contributed by atoms with Crippen molar-refractivity contribution >= 4 is 5.91 Å². The number of carbonyl (C=O) groups is 1. The van der Waals surface area contributed by atoms with Crippen LogP contribution in [-0.2, 0) is 23.9 Å². The number of rotatable bonds is 8. The van der Waals surface area contributed by atoms with E-state index in [1.54, 1.807) is 25.4 Å². The molecular formula is C25H27FN4O5. The molecule has 2 atom stereocenters. The molecule has 3 heterocycles. The minimum Gasteiger partial charge on any atom is -0.495 e. The molecular weight excluding hydrogens is 455 g/mol. The van der Waals surface area contributed by atoms with E-state index in [4.69, 9.17) is 9.47 Å². The Morgan fingerprint density at radius 1 is 1.26 bits per heavy atom. The lowest BCUT2D eigenvalue weighted by atomic mass is 9.88. The fourth-order valence-corrected chi connectivity index (χ4v) is 4.23. The molecule has 10 heteroatoms. The number of aromatic nitrogens is 3. The van der Waals surface area contributed by atoms with Crippen molar-refractivity contribution in [1.29, 1.82) is 0 Å². The number of amides is 1. The normalized spacial score (nSPS) is 20.0. The Morgan fingerprint density at radius 3 is 2.63 bits per heavy atom. The fraction of sp³-hybridized carbons (Fsp3) is 0.400. The number of carbonyl (C=O) groups excluding carboxylic acids is 1. The summed E-state index contributed by atoms with van der Waals surface area (Å²) >= 11 is 0. The van der Waals surface area contributed by atoms with E-state index < -0.39 is 29.2 Å². The maximum Gasteiger partial charge on any atom is 0.257 e. The highest BCUT2D eigenvalue weighted by Gasteiger charge is 2.46. The van der Waals surface area contributed by atoms with Crippen LogP contribution in [0.3, 0.4) is 0 Å². The van der Waals surface area contributed by atoms with Gasteiger partial charge in [-0.05, 0) is 49.6 Å². The summed E-state index contributed by atoms with van der Waals surface area (Å²) in [5, 5.41) is 25.6. The molecule has 1 fully saturated rings. The molecule has 1 aliphatic heterocycles. The summed E-state index contributed by atoms with van der Waals surface area (Å²) in [5.74, 6) is -0.553. The lowest BCUT2D eigenvalue weighted by molar-refractivity contribution is -0.0814. The Balaban J connectivity index is 1.52. The first-order chi connectivity index (χ1) is 16.6. The third-order valence-corrected chi connectivity index (χ3v) is 6.68. The molecule has 2 aliphatic rings. The number of halogens is 1. The minimum absolute atomic E-state index is 0.0223. The molecule has 0 radical (unpaired) electrons. The SMILES string of the molecule is COc1ccc(CN2C(=O)c3cc(C(C)(O)c4cnn(C)c4)cc(F)c3[C@H]2OCC2(O)CC2)nc1. The van der Waals surface area contributed by atoms with Crippen molar-refractivity contribution < 1.29 is 28.9 Å². The van der Waals surface area contributed by atoms with Gasteiger partial charge in [-0.3, -0.25) is 14.5 Å². The summed E-state index contributed by atoms with van der Waals surface area (Å²) in [6, 6.07) is 6.16. The molecule has 9 nitrogen and oxygen atoms in total. The van der Waals surface area contributed by atoms with Crippen LogP contribution in [0, 0.1) is 5.82 Å². The number of aliphatic hydroxyl groups is 2. The molecule has 5 rings (SSSR count). The standard InChI is InChI=1S/C25H27FN4O5/c1-24(32,16-10-28-29(2)12-16)15-8-19-21(20(26)9-15)23(35-14-25(33)6-7-25)30(22(19)31)13-17-4-5-18(34-3)11-27-17/h4-5,8-12,23,32-33H,6-7,13-14H2,1-3H3/t23-,24?/m1/s1. The number of nitrogens with zero attached hydrogens (tertiary/aromatic N) is 4. The van der Waals surface area contributed by atoms with Gasteiger partial charge in [0, 0.05) is 24.4 Å². The molecule has 0 spiro atoms. The third kappa shape index (κ3) is 4.29. The van der Waals surface area contributed by atoms with Gasteiger partial charge in [-0.1, -0.05) is 0 Å². The number of pyridine rings is 1. The zero-order valence-electron chi connectivity index (χ0n) is 19.7. The van der Waals surface area contributed by atoms with Crippen molar-refractivity contribution in [3.05, 3.63) is 76.6 Å². The maximum atomic E-state index is 15.6. The van der Waals surface area contributed by atoms with Gasteiger partial charge in [0.2, 0.25) is 0 Å². The highest BCUT2D eigenvalue weighted by Crippen LogP contribution is 2.43. The topological polar surface area (TPSA) is 110 Å². The van der Waals surface area contributed by atoms with Crippen LogP contribution in [0.2, 0.25) is 0 Å². The van der Waals surface area contributed by atoms with Crippen molar-refractivity contribution in [2.24, 2.45) is 7.05 Å². The average molecular weight is 483 g/mol. The molecule has 3 aromatic rings. The van der Waals surface area contributed by atoms with Crippen LogP contribution in [0.4, 0.5) is 4.39 Å². The summed E-state index contributed by atoms with van der Waals surface area (Å²) in [6.07, 6.45) is 4.82. The van der Waals surface area contributed by atoms with Crippen molar-refractivity contribution in [2.75, 3.05) is 13.7 Å². The van der Waals surface area contributed by atoms with Crippen LogP contribution in [0.1, 0.15) is 58.7 Å². The van der Waals surface area contributed by atoms with Gasteiger partial charge in [0.25, 0.3) is 5.91 Å². The lowest BCUT2D eigenvalue weighted by Gasteiger charge is -2.26. The Bertz CT molecular complexity index is 1270. The molecule has 1 unspecified atom stereocenters. The number of hydrogen-bond donors (Lipinski definition) is 2. The van der Waals surface area contributed by atoms with Crippen molar-refractivity contribution in [1.82, 2.24) is 19.7 Å². The van der Waals surface area contributed by atoms with E-state index >= 15 is 4.39 Å². The number of methoxy groups -OCH3 is 1. The van der Waals surface area contributed by atoms with E-state index in [1.165, 1.54) is 48.1 Å². The van der Waals surface area contributed by atoms with Crippen LogP contribution in [-0.4, -0.2) is 55.1 Å². The third-order valence-electron chi connectivity index (χ3n) is 6.68. The fourth-order valence-electron chi connectivity index (χ4n) is 4.23. The van der Waals surface area contributed by atoms with E-state index in [2.05, 4.69) is 10.1 Å². The zero-order valence-corrected chi connectivity index (χ0v) is 19.7. The first kappa shape index (κ1) is 23.4. The zero-order chi connectivity index (χ0) is 25.0. The van der Waals surface area contributed by atoms with Crippen molar-refractivity contribution in [3.63, 3.8) is 0 Å². The predicted molar refractivity (Wildman–Crippen MR) is 122 cm³/mol.